The predicted molar refractivity (Wildman–Crippen MR) is 94.5 cm³/mol. The van der Waals surface area contributed by atoms with Gasteiger partial charge in [0.05, 0.1) is 24.0 Å². The predicted octanol–water partition coefficient (Wildman–Crippen LogP) is 3.75. The van der Waals surface area contributed by atoms with Gasteiger partial charge in [-0.05, 0) is 33.3 Å². The van der Waals surface area contributed by atoms with Gasteiger partial charge >= 0.3 is 6.09 Å². The van der Waals surface area contributed by atoms with Gasteiger partial charge in [0.2, 0.25) is 0 Å². The molecule has 0 aliphatic heterocycles. The molecule has 0 aliphatic rings. The highest BCUT2D eigenvalue weighted by Gasteiger charge is 2.16. The lowest BCUT2D eigenvalue weighted by atomic mass is 10.2. The van der Waals surface area contributed by atoms with E-state index < -0.39 is 11.7 Å². The second kappa shape index (κ2) is 7.49. The first-order valence-corrected chi connectivity index (χ1v) is 7.93. The summed E-state index contributed by atoms with van der Waals surface area (Å²) < 4.78 is 6.80. The molecular formula is C17H21ClN4O2. The molecule has 7 heteroatoms. The van der Waals surface area contributed by atoms with Gasteiger partial charge in [-0.1, -0.05) is 41.9 Å². The number of nitrogens with one attached hydrogen (secondary N) is 1. The summed E-state index contributed by atoms with van der Waals surface area (Å²) in [4.78, 5) is 11.6. The number of aryl methyl sites for hydroxylation is 1. The van der Waals surface area contributed by atoms with Gasteiger partial charge in [0, 0.05) is 0 Å². The van der Waals surface area contributed by atoms with E-state index in [0.29, 0.717) is 17.3 Å². The topological polar surface area (TPSA) is 68.5 Å². The molecule has 0 spiro atoms. The monoisotopic (exact) mass is 348 g/mol. The minimum atomic E-state index is -0.621. The Kier molecular flexibility index (Phi) is 5.62. The van der Waals surface area contributed by atoms with Crippen LogP contribution in [0.2, 0.25) is 5.15 Å². The van der Waals surface area contributed by atoms with Crippen LogP contribution in [0.1, 0.15) is 37.6 Å². The van der Waals surface area contributed by atoms with Crippen LogP contribution in [0.5, 0.6) is 0 Å². The van der Waals surface area contributed by atoms with Gasteiger partial charge in [-0.3, -0.25) is 0 Å². The molecule has 0 bridgehead atoms. The van der Waals surface area contributed by atoms with E-state index in [2.05, 4.69) is 15.6 Å². The van der Waals surface area contributed by atoms with E-state index in [0.717, 1.165) is 11.3 Å². The maximum absolute atomic E-state index is 11.6. The Morgan fingerprint density at radius 2 is 2.04 bits per heavy atom. The zero-order chi connectivity index (χ0) is 17.7. The highest BCUT2D eigenvalue weighted by atomic mass is 35.5. The maximum Gasteiger partial charge on any atom is 0.428 e. The van der Waals surface area contributed by atoms with Crippen molar-refractivity contribution in [2.75, 3.05) is 0 Å². The molecule has 0 aliphatic carbocycles. The Morgan fingerprint density at radius 1 is 1.38 bits per heavy atom. The fraction of sp³-hybridized carbons (Fsp3) is 0.353. The zero-order valence-electron chi connectivity index (χ0n) is 14.2. The third-order valence-electron chi connectivity index (χ3n) is 3.03. The standard InChI is InChI=1S/C17H21ClN4O2/c1-12-14(10-19-20-16(23)24-17(2,3)4)15(18)22(21-12)11-13-8-6-5-7-9-13/h5-10H,11H2,1-4H3,(H,20,23)/b19-10+. The first kappa shape index (κ1) is 18.0. The van der Waals surface area contributed by atoms with E-state index >= 15 is 0 Å². The molecule has 0 saturated carbocycles. The third-order valence-corrected chi connectivity index (χ3v) is 3.43. The van der Waals surface area contributed by atoms with Gasteiger partial charge in [0.1, 0.15) is 10.8 Å². The number of hydrogen-bond donors (Lipinski definition) is 1. The lowest BCUT2D eigenvalue weighted by molar-refractivity contribution is 0.0529. The normalized spacial score (nSPS) is 11.7. The summed E-state index contributed by atoms with van der Waals surface area (Å²) in [5.41, 5.74) is 4.22. The molecule has 128 valence electrons. The largest absolute Gasteiger partial charge is 0.443 e. The van der Waals surface area contributed by atoms with Crippen LogP contribution in [0.3, 0.4) is 0 Å². The van der Waals surface area contributed by atoms with E-state index in [1.54, 1.807) is 25.5 Å². The summed E-state index contributed by atoms with van der Waals surface area (Å²) in [7, 11) is 0. The van der Waals surface area contributed by atoms with Crippen LogP contribution in [0.15, 0.2) is 35.4 Å². The van der Waals surface area contributed by atoms with Crippen LogP contribution in [-0.4, -0.2) is 27.7 Å². The number of aromatic nitrogens is 2. The van der Waals surface area contributed by atoms with Gasteiger partial charge in [-0.2, -0.15) is 10.2 Å². The summed E-state index contributed by atoms with van der Waals surface area (Å²) in [5, 5.41) is 8.76. The van der Waals surface area contributed by atoms with Crippen molar-refractivity contribution in [3.05, 3.63) is 52.3 Å². The molecule has 0 unspecified atom stereocenters. The molecular weight excluding hydrogens is 328 g/mol. The molecule has 0 fully saturated rings. The van der Waals surface area contributed by atoms with Crippen LogP contribution in [0.4, 0.5) is 4.79 Å². The molecule has 2 aromatic rings. The van der Waals surface area contributed by atoms with E-state index in [4.69, 9.17) is 16.3 Å². The van der Waals surface area contributed by atoms with Crippen molar-refractivity contribution in [2.24, 2.45) is 5.10 Å². The molecule has 1 aromatic carbocycles. The maximum atomic E-state index is 11.6. The lowest BCUT2D eigenvalue weighted by Crippen LogP contribution is -2.29. The fourth-order valence-electron chi connectivity index (χ4n) is 2.03. The van der Waals surface area contributed by atoms with Crippen molar-refractivity contribution in [3.8, 4) is 0 Å². The number of carbonyl (C=O) groups is 1. The van der Waals surface area contributed by atoms with Crippen molar-refractivity contribution >= 4 is 23.9 Å². The molecule has 1 amide bonds. The van der Waals surface area contributed by atoms with Crippen molar-refractivity contribution in [2.45, 2.75) is 39.8 Å². The number of halogens is 1. The molecule has 24 heavy (non-hydrogen) atoms. The summed E-state index contributed by atoms with van der Waals surface area (Å²) >= 11 is 6.37. The third kappa shape index (κ3) is 5.09. The van der Waals surface area contributed by atoms with E-state index in [1.165, 1.54) is 6.21 Å². The molecule has 2 rings (SSSR count). The Hall–Kier alpha value is -2.34. The molecule has 0 atom stereocenters. The highest BCUT2D eigenvalue weighted by molar-refractivity contribution is 6.32. The average molecular weight is 349 g/mol. The molecule has 0 radical (unpaired) electrons. The van der Waals surface area contributed by atoms with Gasteiger partial charge in [0.25, 0.3) is 0 Å². The SMILES string of the molecule is Cc1nn(Cc2ccccc2)c(Cl)c1/C=N/NC(=O)OC(C)(C)C. The Morgan fingerprint density at radius 3 is 2.67 bits per heavy atom. The number of amides is 1. The van der Waals surface area contributed by atoms with Crippen molar-refractivity contribution in [1.29, 1.82) is 0 Å². The summed E-state index contributed by atoms with van der Waals surface area (Å²) in [6.45, 7) is 7.75. The van der Waals surface area contributed by atoms with Crippen LogP contribution in [0.25, 0.3) is 0 Å². The van der Waals surface area contributed by atoms with Gasteiger partial charge < -0.3 is 4.74 Å². The molecule has 6 nitrogen and oxygen atoms in total. The van der Waals surface area contributed by atoms with Gasteiger partial charge in [0.15, 0.2) is 0 Å². The van der Waals surface area contributed by atoms with Crippen LogP contribution in [0, 0.1) is 6.92 Å². The average Bonchev–Trinajstić information content (AvgIpc) is 2.74. The van der Waals surface area contributed by atoms with E-state index in [9.17, 15) is 4.79 Å². The summed E-state index contributed by atoms with van der Waals surface area (Å²) in [5.74, 6) is 0. The van der Waals surface area contributed by atoms with Crippen molar-refractivity contribution in [3.63, 3.8) is 0 Å². The number of hydrazone groups is 1. The first-order valence-electron chi connectivity index (χ1n) is 7.55. The number of benzene rings is 1. The quantitative estimate of drug-likeness (QED) is 0.675. The van der Waals surface area contributed by atoms with E-state index in [-0.39, 0.29) is 0 Å². The molecule has 1 N–H and O–H groups in total. The Bertz CT molecular complexity index is 733. The number of nitrogens with zero attached hydrogens (tertiary/aromatic N) is 3. The van der Waals surface area contributed by atoms with Crippen LogP contribution >= 0.6 is 11.6 Å². The van der Waals surface area contributed by atoms with Gasteiger partial charge in [-0.15, -0.1) is 0 Å². The van der Waals surface area contributed by atoms with E-state index in [1.807, 2.05) is 37.3 Å². The molecule has 1 aromatic heterocycles. The number of rotatable bonds is 4. The number of hydrogen-bond acceptors (Lipinski definition) is 4. The second-order valence-corrected chi connectivity index (χ2v) is 6.66. The van der Waals surface area contributed by atoms with Crippen molar-refractivity contribution < 1.29 is 9.53 Å². The minimum Gasteiger partial charge on any atom is -0.443 e. The minimum absolute atomic E-state index is 0.464. The Labute approximate surface area is 146 Å². The highest BCUT2D eigenvalue weighted by Crippen LogP contribution is 2.19. The first-order chi connectivity index (χ1) is 11.3. The van der Waals surface area contributed by atoms with Crippen LogP contribution < -0.4 is 5.43 Å². The number of carbonyl (C=O) groups excluding carboxylic acids is 1. The summed E-state index contributed by atoms with van der Waals surface area (Å²) in [6, 6.07) is 9.90. The molecule has 0 saturated heterocycles. The fourth-order valence-corrected chi connectivity index (χ4v) is 2.31. The summed E-state index contributed by atoms with van der Waals surface area (Å²) in [6.07, 6.45) is 0.847. The van der Waals surface area contributed by atoms with Crippen LogP contribution in [-0.2, 0) is 11.3 Å². The van der Waals surface area contributed by atoms with Crippen molar-refractivity contribution in [1.82, 2.24) is 15.2 Å². The lowest BCUT2D eigenvalue weighted by Gasteiger charge is -2.18. The zero-order valence-corrected chi connectivity index (χ0v) is 15.0. The Balaban J connectivity index is 2.06. The smallest absolute Gasteiger partial charge is 0.428 e. The second-order valence-electron chi connectivity index (χ2n) is 6.31. The molecule has 1 heterocycles. The van der Waals surface area contributed by atoms with Gasteiger partial charge in [-0.25, -0.2) is 14.9 Å². The number of ether oxygens (including phenoxy) is 1.